The van der Waals surface area contributed by atoms with Crippen molar-refractivity contribution in [1.29, 1.82) is 0 Å². The summed E-state index contributed by atoms with van der Waals surface area (Å²) in [6.07, 6.45) is 2.49. The lowest BCUT2D eigenvalue weighted by Crippen LogP contribution is -2.35. The van der Waals surface area contributed by atoms with Gasteiger partial charge in [0.15, 0.2) is 15.7 Å². The number of ether oxygens (including phenoxy) is 1. The molecular weight excluding hydrogens is 340 g/mol. The third kappa shape index (κ3) is 3.57. The van der Waals surface area contributed by atoms with E-state index in [2.05, 4.69) is 10.1 Å². The Hall–Kier alpha value is -1.44. The van der Waals surface area contributed by atoms with Crippen molar-refractivity contribution in [3.05, 3.63) is 46.6 Å². The average molecular weight is 357 g/mol. The number of rotatable bonds is 4. The van der Waals surface area contributed by atoms with Gasteiger partial charge in [-0.3, -0.25) is 0 Å². The fourth-order valence-electron chi connectivity index (χ4n) is 2.87. The van der Waals surface area contributed by atoms with Crippen molar-refractivity contribution in [1.82, 2.24) is 10.1 Å². The van der Waals surface area contributed by atoms with E-state index in [0.717, 1.165) is 11.8 Å². The van der Waals surface area contributed by atoms with Crippen LogP contribution in [-0.4, -0.2) is 38.0 Å². The van der Waals surface area contributed by atoms with E-state index in [1.165, 1.54) is 0 Å². The van der Waals surface area contributed by atoms with Crippen LogP contribution < -0.4 is 0 Å². The lowest BCUT2D eigenvalue weighted by Gasteiger charge is -2.34. The van der Waals surface area contributed by atoms with Crippen LogP contribution in [0.15, 0.2) is 28.8 Å². The first-order chi connectivity index (χ1) is 10.9. The Morgan fingerprint density at radius 1 is 1.30 bits per heavy atom. The number of hydrogen-bond acceptors (Lipinski definition) is 6. The Morgan fingerprint density at radius 2 is 2.04 bits per heavy atom. The lowest BCUT2D eigenvalue weighted by molar-refractivity contribution is 0.0523. The van der Waals surface area contributed by atoms with Gasteiger partial charge in [0.25, 0.3) is 0 Å². The highest BCUT2D eigenvalue weighted by atomic mass is 35.5. The molecule has 0 saturated carbocycles. The van der Waals surface area contributed by atoms with Gasteiger partial charge in [0.2, 0.25) is 5.89 Å². The fourth-order valence-corrected chi connectivity index (χ4v) is 3.65. The van der Waals surface area contributed by atoms with Crippen molar-refractivity contribution < 1.29 is 17.7 Å². The number of benzene rings is 1. The van der Waals surface area contributed by atoms with Crippen molar-refractivity contribution in [2.75, 3.05) is 19.5 Å². The van der Waals surface area contributed by atoms with Crippen molar-refractivity contribution >= 4 is 21.4 Å². The zero-order valence-electron chi connectivity index (χ0n) is 12.7. The first kappa shape index (κ1) is 16.4. The third-order valence-electron chi connectivity index (χ3n) is 3.99. The third-order valence-corrected chi connectivity index (χ3v) is 5.01. The summed E-state index contributed by atoms with van der Waals surface area (Å²) in [5, 5.41) is 4.46. The van der Waals surface area contributed by atoms with E-state index < -0.39 is 15.3 Å². The smallest absolute Gasteiger partial charge is 0.237 e. The highest BCUT2D eigenvalue weighted by molar-refractivity contribution is 7.89. The molecular formula is C15H17ClN2O4S. The predicted octanol–water partition coefficient (Wildman–Crippen LogP) is 2.36. The van der Waals surface area contributed by atoms with Gasteiger partial charge in [-0.2, -0.15) is 4.98 Å². The standard InChI is InChI=1S/C15H17ClN2O4S/c1-23(19,20)10-13-17-14(22-18-13)15(5-7-21-8-6-15)11-3-2-4-12(16)9-11/h2-4,9H,5-8,10H2,1H3. The van der Waals surface area contributed by atoms with E-state index in [1.54, 1.807) is 6.07 Å². The molecule has 2 aromatic rings. The minimum Gasteiger partial charge on any atom is -0.381 e. The van der Waals surface area contributed by atoms with Gasteiger partial charge in [-0.15, -0.1) is 0 Å². The summed E-state index contributed by atoms with van der Waals surface area (Å²) >= 11 is 6.13. The Morgan fingerprint density at radius 3 is 2.70 bits per heavy atom. The van der Waals surface area contributed by atoms with Crippen LogP contribution >= 0.6 is 11.6 Å². The maximum atomic E-state index is 11.4. The van der Waals surface area contributed by atoms with Crippen LogP contribution in [0.4, 0.5) is 0 Å². The fraction of sp³-hybridized carbons (Fsp3) is 0.467. The summed E-state index contributed by atoms with van der Waals surface area (Å²) in [5.74, 6) is 0.357. The number of hydrogen-bond donors (Lipinski definition) is 0. The van der Waals surface area contributed by atoms with E-state index >= 15 is 0 Å². The molecule has 0 spiro atoms. The second-order valence-corrected chi connectivity index (χ2v) is 8.37. The van der Waals surface area contributed by atoms with Crippen LogP contribution in [0, 0.1) is 0 Å². The van der Waals surface area contributed by atoms with Gasteiger partial charge in [0.05, 0.1) is 5.41 Å². The summed E-state index contributed by atoms with van der Waals surface area (Å²) in [5.41, 5.74) is 0.481. The van der Waals surface area contributed by atoms with Crippen LogP contribution in [-0.2, 0) is 25.7 Å². The SMILES string of the molecule is CS(=O)(=O)Cc1noc(C2(c3cccc(Cl)c3)CCOCC2)n1. The summed E-state index contributed by atoms with van der Waals surface area (Å²) in [6.45, 7) is 1.13. The molecule has 0 unspecified atom stereocenters. The van der Waals surface area contributed by atoms with E-state index in [1.807, 2.05) is 18.2 Å². The summed E-state index contributed by atoms with van der Waals surface area (Å²) < 4.78 is 33.7. The van der Waals surface area contributed by atoms with Gasteiger partial charge in [-0.05, 0) is 30.5 Å². The molecule has 6 nitrogen and oxygen atoms in total. The molecule has 124 valence electrons. The quantitative estimate of drug-likeness (QED) is 0.836. The first-order valence-electron chi connectivity index (χ1n) is 7.24. The highest BCUT2D eigenvalue weighted by Gasteiger charge is 2.41. The van der Waals surface area contributed by atoms with Crippen molar-refractivity contribution in [3.63, 3.8) is 0 Å². The molecule has 1 saturated heterocycles. The number of aromatic nitrogens is 2. The largest absolute Gasteiger partial charge is 0.381 e. The summed E-state index contributed by atoms with van der Waals surface area (Å²) in [6, 6.07) is 7.54. The zero-order chi connectivity index (χ0) is 16.5. The molecule has 0 radical (unpaired) electrons. The molecule has 0 N–H and O–H groups in total. The van der Waals surface area contributed by atoms with E-state index in [4.69, 9.17) is 20.9 Å². The molecule has 23 heavy (non-hydrogen) atoms. The van der Waals surface area contributed by atoms with Gasteiger partial charge in [0, 0.05) is 24.5 Å². The number of halogens is 1. The monoisotopic (exact) mass is 356 g/mol. The second kappa shape index (κ2) is 6.22. The van der Waals surface area contributed by atoms with Gasteiger partial charge in [-0.1, -0.05) is 28.9 Å². The molecule has 0 aliphatic carbocycles. The van der Waals surface area contributed by atoms with Crippen molar-refractivity contribution in [3.8, 4) is 0 Å². The van der Waals surface area contributed by atoms with Crippen LogP contribution in [0.2, 0.25) is 5.02 Å². The zero-order valence-corrected chi connectivity index (χ0v) is 14.2. The van der Waals surface area contributed by atoms with E-state index in [-0.39, 0.29) is 11.6 Å². The van der Waals surface area contributed by atoms with Gasteiger partial charge in [-0.25, -0.2) is 8.42 Å². The number of sulfone groups is 1. The summed E-state index contributed by atoms with van der Waals surface area (Å²) in [4.78, 5) is 4.34. The second-order valence-electron chi connectivity index (χ2n) is 5.79. The molecule has 0 amide bonds. The maximum Gasteiger partial charge on any atom is 0.237 e. The lowest BCUT2D eigenvalue weighted by atomic mass is 9.74. The molecule has 2 heterocycles. The van der Waals surface area contributed by atoms with Crippen LogP contribution in [0.5, 0.6) is 0 Å². The number of nitrogens with zero attached hydrogens (tertiary/aromatic N) is 2. The molecule has 1 aliphatic heterocycles. The van der Waals surface area contributed by atoms with Gasteiger partial charge in [0.1, 0.15) is 5.75 Å². The van der Waals surface area contributed by atoms with Crippen molar-refractivity contribution in [2.24, 2.45) is 0 Å². The molecule has 0 bridgehead atoms. The molecule has 8 heteroatoms. The maximum absolute atomic E-state index is 11.4. The van der Waals surface area contributed by atoms with Crippen molar-refractivity contribution in [2.45, 2.75) is 24.0 Å². The topological polar surface area (TPSA) is 82.3 Å². The summed E-state index contributed by atoms with van der Waals surface area (Å²) in [7, 11) is -3.22. The molecule has 3 rings (SSSR count). The Kier molecular flexibility index (Phi) is 4.44. The Balaban J connectivity index is 2.03. The minimum absolute atomic E-state index is 0.176. The first-order valence-corrected chi connectivity index (χ1v) is 9.67. The van der Waals surface area contributed by atoms with Crippen LogP contribution in [0.1, 0.15) is 30.1 Å². The predicted molar refractivity (Wildman–Crippen MR) is 85.1 cm³/mol. The molecule has 1 aromatic heterocycles. The molecule has 1 aromatic carbocycles. The molecule has 1 fully saturated rings. The van der Waals surface area contributed by atoms with Crippen LogP contribution in [0.25, 0.3) is 0 Å². The Labute approximate surface area is 139 Å². The molecule has 0 atom stereocenters. The highest BCUT2D eigenvalue weighted by Crippen LogP contribution is 2.41. The average Bonchev–Trinajstić information content (AvgIpc) is 2.95. The van der Waals surface area contributed by atoms with Gasteiger partial charge < -0.3 is 9.26 Å². The van der Waals surface area contributed by atoms with Gasteiger partial charge >= 0.3 is 0 Å². The minimum atomic E-state index is -3.22. The van der Waals surface area contributed by atoms with Crippen LogP contribution in [0.3, 0.4) is 0 Å². The van der Waals surface area contributed by atoms with E-state index in [0.29, 0.717) is 37.0 Å². The molecule has 1 aliphatic rings. The Bertz CT molecular complexity index is 797. The van der Waals surface area contributed by atoms with E-state index in [9.17, 15) is 8.42 Å². The normalized spacial score (nSPS) is 18.0.